The van der Waals surface area contributed by atoms with Gasteiger partial charge in [0.15, 0.2) is 0 Å². The standard InChI is InChI=1S/C17H15N.C9H12O/c1-12-6-8-14(9-7-12)16-11-10-15-5-3-4-13(2)17(15)18-16;1-6(2)8-4-5-9(8)7(3)10/h3-11H,1-2H3;4-5,8-9H,1H2,2-3H3. The SMILES string of the molecule is C=C(C)C1C=CC1C(C)=O.Cc1ccc(-c2ccc3cccc(C)c3n2)cc1. The topological polar surface area (TPSA) is 30.0 Å². The van der Waals surface area contributed by atoms with Crippen LogP contribution in [0, 0.1) is 25.7 Å². The molecule has 2 aromatic carbocycles. The molecule has 0 saturated carbocycles. The Labute approximate surface area is 167 Å². The highest BCUT2D eigenvalue weighted by molar-refractivity contribution is 5.84. The number of hydrogen-bond acceptors (Lipinski definition) is 2. The third kappa shape index (κ3) is 4.28. The van der Waals surface area contributed by atoms with E-state index in [1.807, 2.05) is 19.1 Å². The molecule has 28 heavy (non-hydrogen) atoms. The predicted molar refractivity (Wildman–Crippen MR) is 118 cm³/mol. The molecule has 1 heterocycles. The Hall–Kier alpha value is -3.00. The fourth-order valence-corrected chi connectivity index (χ4v) is 3.37. The molecule has 0 bridgehead atoms. The van der Waals surface area contributed by atoms with Crippen LogP contribution in [-0.4, -0.2) is 10.8 Å². The molecular weight excluding hydrogens is 342 g/mol. The number of carbonyl (C=O) groups is 1. The van der Waals surface area contributed by atoms with Crippen LogP contribution in [0.2, 0.25) is 0 Å². The summed E-state index contributed by atoms with van der Waals surface area (Å²) in [6, 6.07) is 19.0. The van der Waals surface area contributed by atoms with Crippen molar-refractivity contribution in [3.05, 3.63) is 90.0 Å². The average Bonchev–Trinajstić information content (AvgIpc) is 2.61. The third-order valence-corrected chi connectivity index (χ3v) is 5.22. The first kappa shape index (κ1) is 19.8. The quantitative estimate of drug-likeness (QED) is 0.495. The zero-order chi connectivity index (χ0) is 20.3. The van der Waals surface area contributed by atoms with Gasteiger partial charge in [-0.25, -0.2) is 4.98 Å². The van der Waals surface area contributed by atoms with Crippen molar-refractivity contribution in [1.29, 1.82) is 0 Å². The average molecular weight is 370 g/mol. The van der Waals surface area contributed by atoms with Gasteiger partial charge >= 0.3 is 0 Å². The lowest BCUT2D eigenvalue weighted by atomic mass is 9.76. The molecule has 1 aromatic heterocycles. The number of rotatable bonds is 3. The van der Waals surface area contributed by atoms with E-state index < -0.39 is 0 Å². The van der Waals surface area contributed by atoms with Crippen molar-refractivity contribution in [3.63, 3.8) is 0 Å². The van der Waals surface area contributed by atoms with E-state index in [0.717, 1.165) is 16.8 Å². The largest absolute Gasteiger partial charge is 0.299 e. The fourth-order valence-electron chi connectivity index (χ4n) is 3.37. The van der Waals surface area contributed by atoms with Gasteiger partial charge in [-0.1, -0.05) is 78.4 Å². The van der Waals surface area contributed by atoms with Gasteiger partial charge in [0.1, 0.15) is 5.78 Å². The van der Waals surface area contributed by atoms with Gasteiger partial charge in [-0.3, -0.25) is 4.79 Å². The number of ketones is 1. The molecule has 0 radical (unpaired) electrons. The summed E-state index contributed by atoms with van der Waals surface area (Å²) in [7, 11) is 0. The molecule has 0 amide bonds. The van der Waals surface area contributed by atoms with E-state index in [1.165, 1.54) is 22.1 Å². The Morgan fingerprint density at radius 3 is 2.11 bits per heavy atom. The van der Waals surface area contributed by atoms with Gasteiger partial charge < -0.3 is 0 Å². The smallest absolute Gasteiger partial charge is 0.137 e. The molecule has 1 aliphatic rings. The van der Waals surface area contributed by atoms with Crippen LogP contribution in [0.4, 0.5) is 0 Å². The molecule has 4 rings (SSSR count). The Morgan fingerprint density at radius 2 is 1.57 bits per heavy atom. The van der Waals surface area contributed by atoms with Crippen LogP contribution >= 0.6 is 0 Å². The first-order chi connectivity index (χ1) is 13.4. The van der Waals surface area contributed by atoms with Crippen LogP contribution in [0.3, 0.4) is 0 Å². The van der Waals surface area contributed by atoms with Crippen LogP contribution in [0.1, 0.15) is 25.0 Å². The van der Waals surface area contributed by atoms with Gasteiger partial charge in [-0.2, -0.15) is 0 Å². The van der Waals surface area contributed by atoms with Gasteiger partial charge in [-0.05, 0) is 39.3 Å². The number of Topliss-reactive ketones (excluding diaryl/α,β-unsaturated/α-hetero) is 1. The lowest BCUT2D eigenvalue weighted by Gasteiger charge is -2.27. The number of allylic oxidation sites excluding steroid dienone is 3. The normalized spacial score (nSPS) is 17.4. The molecule has 0 fully saturated rings. The second-order valence-electron chi connectivity index (χ2n) is 7.60. The number of hydrogen-bond donors (Lipinski definition) is 0. The maximum atomic E-state index is 10.8. The van der Waals surface area contributed by atoms with Gasteiger partial charge in [0.2, 0.25) is 0 Å². The van der Waals surface area contributed by atoms with E-state index in [9.17, 15) is 4.79 Å². The number of carbonyl (C=O) groups excluding carboxylic acids is 1. The second-order valence-corrected chi connectivity index (χ2v) is 7.60. The zero-order valence-electron chi connectivity index (χ0n) is 17.1. The molecule has 1 aliphatic carbocycles. The lowest BCUT2D eigenvalue weighted by Crippen LogP contribution is -2.25. The molecule has 0 spiro atoms. The molecule has 0 aliphatic heterocycles. The lowest BCUT2D eigenvalue weighted by molar-refractivity contribution is -0.120. The van der Waals surface area contributed by atoms with Crippen LogP contribution in [0.15, 0.2) is 78.9 Å². The summed E-state index contributed by atoms with van der Waals surface area (Å²) in [6.07, 6.45) is 3.98. The highest BCUT2D eigenvalue weighted by atomic mass is 16.1. The highest BCUT2D eigenvalue weighted by Crippen LogP contribution is 2.31. The van der Waals surface area contributed by atoms with E-state index in [0.29, 0.717) is 5.92 Å². The van der Waals surface area contributed by atoms with Crippen LogP contribution in [0.5, 0.6) is 0 Å². The number of para-hydroxylation sites is 1. The summed E-state index contributed by atoms with van der Waals surface area (Å²) in [6.45, 7) is 11.6. The van der Waals surface area contributed by atoms with E-state index >= 15 is 0 Å². The zero-order valence-corrected chi connectivity index (χ0v) is 17.1. The summed E-state index contributed by atoms with van der Waals surface area (Å²) < 4.78 is 0. The van der Waals surface area contributed by atoms with Crippen molar-refractivity contribution in [2.75, 3.05) is 0 Å². The summed E-state index contributed by atoms with van der Waals surface area (Å²) in [5, 5.41) is 1.20. The van der Waals surface area contributed by atoms with Gasteiger partial charge in [-0.15, -0.1) is 0 Å². The van der Waals surface area contributed by atoms with Gasteiger partial charge in [0.25, 0.3) is 0 Å². The van der Waals surface area contributed by atoms with Crippen molar-refractivity contribution in [3.8, 4) is 11.3 Å². The van der Waals surface area contributed by atoms with Gasteiger partial charge in [0.05, 0.1) is 11.2 Å². The number of fused-ring (bicyclic) bond motifs is 1. The minimum Gasteiger partial charge on any atom is -0.299 e. The molecule has 0 saturated heterocycles. The summed E-state index contributed by atoms with van der Waals surface area (Å²) in [5.41, 5.74) is 6.89. The number of pyridine rings is 1. The van der Waals surface area contributed by atoms with Crippen LogP contribution < -0.4 is 0 Å². The van der Waals surface area contributed by atoms with E-state index in [-0.39, 0.29) is 11.7 Å². The Bertz CT molecular complexity index is 1020. The van der Waals surface area contributed by atoms with E-state index in [1.54, 1.807) is 6.92 Å². The van der Waals surface area contributed by atoms with Crippen molar-refractivity contribution in [1.82, 2.24) is 4.98 Å². The van der Waals surface area contributed by atoms with E-state index in [4.69, 9.17) is 4.98 Å². The molecule has 0 N–H and O–H groups in total. The number of benzene rings is 2. The fraction of sp³-hybridized carbons (Fsp3) is 0.231. The summed E-state index contributed by atoms with van der Waals surface area (Å²) in [4.78, 5) is 15.6. The molecule has 2 unspecified atom stereocenters. The minimum absolute atomic E-state index is 0.123. The maximum absolute atomic E-state index is 10.8. The first-order valence-electron chi connectivity index (χ1n) is 9.64. The number of aryl methyl sites for hydroxylation is 2. The number of nitrogens with zero attached hydrogens (tertiary/aromatic N) is 1. The first-order valence-corrected chi connectivity index (χ1v) is 9.64. The molecule has 3 aromatic rings. The third-order valence-electron chi connectivity index (χ3n) is 5.22. The molecular formula is C26H27NO. The second kappa shape index (κ2) is 8.35. The Balaban J connectivity index is 0.000000192. The molecule has 2 heteroatoms. The molecule has 2 nitrogen and oxygen atoms in total. The van der Waals surface area contributed by atoms with Crippen molar-refractivity contribution in [2.45, 2.75) is 27.7 Å². The minimum atomic E-state index is 0.123. The van der Waals surface area contributed by atoms with E-state index in [2.05, 4.69) is 75.0 Å². The van der Waals surface area contributed by atoms with Crippen molar-refractivity contribution >= 4 is 16.7 Å². The van der Waals surface area contributed by atoms with Crippen molar-refractivity contribution in [2.24, 2.45) is 11.8 Å². The number of aromatic nitrogens is 1. The molecule has 142 valence electrons. The van der Waals surface area contributed by atoms with Crippen LogP contribution in [-0.2, 0) is 4.79 Å². The molecule has 2 atom stereocenters. The Kier molecular flexibility index (Phi) is 5.89. The summed E-state index contributed by atoms with van der Waals surface area (Å²) >= 11 is 0. The highest BCUT2D eigenvalue weighted by Gasteiger charge is 2.27. The summed E-state index contributed by atoms with van der Waals surface area (Å²) in [5.74, 6) is 0.686. The maximum Gasteiger partial charge on any atom is 0.137 e. The van der Waals surface area contributed by atoms with Crippen LogP contribution in [0.25, 0.3) is 22.2 Å². The van der Waals surface area contributed by atoms with Gasteiger partial charge in [0, 0.05) is 22.8 Å². The monoisotopic (exact) mass is 369 g/mol. The Morgan fingerprint density at radius 1 is 0.893 bits per heavy atom. The predicted octanol–water partition coefficient (Wildman–Crippen LogP) is 6.47. The van der Waals surface area contributed by atoms with Crippen molar-refractivity contribution < 1.29 is 4.79 Å².